The van der Waals surface area contributed by atoms with Crippen molar-refractivity contribution in [2.24, 2.45) is 0 Å². The van der Waals surface area contributed by atoms with Crippen LogP contribution in [-0.2, 0) is 10.2 Å². The molecule has 3 nitrogen and oxygen atoms in total. The number of halogens is 1. The van der Waals surface area contributed by atoms with Gasteiger partial charge in [0.1, 0.15) is 5.82 Å². The van der Waals surface area contributed by atoms with E-state index in [0.29, 0.717) is 0 Å². The van der Waals surface area contributed by atoms with E-state index in [-0.39, 0.29) is 11.7 Å². The van der Waals surface area contributed by atoms with Crippen LogP contribution < -0.4 is 0 Å². The largest absolute Gasteiger partial charge is 0.339 e. The maximum atomic E-state index is 13.0. The smallest absolute Gasteiger partial charge is 0.232 e. The minimum Gasteiger partial charge on any atom is -0.339 e. The maximum Gasteiger partial charge on any atom is 0.232 e. The maximum absolute atomic E-state index is 13.0. The summed E-state index contributed by atoms with van der Waals surface area (Å²) in [4.78, 5) is 16.7. The Balaban J connectivity index is 2.14. The van der Waals surface area contributed by atoms with Crippen LogP contribution in [0.15, 0.2) is 24.3 Å². The van der Waals surface area contributed by atoms with Crippen molar-refractivity contribution in [3.8, 4) is 0 Å². The van der Waals surface area contributed by atoms with Crippen LogP contribution in [-0.4, -0.2) is 48.9 Å². The van der Waals surface area contributed by atoms with Crippen LogP contribution in [0.4, 0.5) is 4.39 Å². The summed E-state index contributed by atoms with van der Waals surface area (Å²) in [6, 6.07) is 6.22. The summed E-state index contributed by atoms with van der Waals surface area (Å²) in [5.74, 6) is -0.154. The van der Waals surface area contributed by atoms with E-state index < -0.39 is 5.41 Å². The van der Waals surface area contributed by atoms with Crippen LogP contribution in [0.2, 0.25) is 0 Å². The van der Waals surface area contributed by atoms with Crippen molar-refractivity contribution >= 4 is 5.91 Å². The van der Waals surface area contributed by atoms with E-state index in [1.54, 1.807) is 12.1 Å². The van der Waals surface area contributed by atoms with E-state index in [1.807, 2.05) is 18.7 Å². The minimum atomic E-state index is -0.608. The molecular weight excluding hydrogens is 243 g/mol. The standard InChI is InChI=1S/C15H21FN2O/c1-15(2,12-4-6-13(16)7-5-12)14(19)18-10-8-17(3)9-11-18/h4-7H,8-11H2,1-3H3. The molecule has 0 atom stereocenters. The van der Waals surface area contributed by atoms with Gasteiger partial charge >= 0.3 is 0 Å². The molecule has 0 radical (unpaired) electrons. The Bertz CT molecular complexity index is 448. The van der Waals surface area contributed by atoms with Crippen molar-refractivity contribution in [1.82, 2.24) is 9.80 Å². The lowest BCUT2D eigenvalue weighted by molar-refractivity contribution is -0.137. The summed E-state index contributed by atoms with van der Waals surface area (Å²) in [5, 5.41) is 0. The van der Waals surface area contributed by atoms with Gasteiger partial charge < -0.3 is 9.80 Å². The van der Waals surface area contributed by atoms with Crippen LogP contribution in [0.5, 0.6) is 0 Å². The first-order valence-electron chi connectivity index (χ1n) is 6.65. The highest BCUT2D eigenvalue weighted by Gasteiger charge is 2.34. The summed E-state index contributed by atoms with van der Waals surface area (Å²) in [5.41, 5.74) is 0.252. The highest BCUT2D eigenvalue weighted by molar-refractivity contribution is 5.87. The molecule has 1 amide bonds. The number of likely N-dealkylation sites (N-methyl/N-ethyl adjacent to an activating group) is 1. The molecule has 1 aliphatic rings. The van der Waals surface area contributed by atoms with Crippen molar-refractivity contribution in [1.29, 1.82) is 0 Å². The first-order valence-corrected chi connectivity index (χ1v) is 6.65. The van der Waals surface area contributed by atoms with Gasteiger partial charge in [-0.25, -0.2) is 4.39 Å². The fourth-order valence-corrected chi connectivity index (χ4v) is 2.39. The Morgan fingerprint density at radius 2 is 1.63 bits per heavy atom. The van der Waals surface area contributed by atoms with Crippen LogP contribution in [0, 0.1) is 5.82 Å². The normalized spacial score (nSPS) is 17.6. The van der Waals surface area contributed by atoms with Crippen LogP contribution >= 0.6 is 0 Å². The van der Waals surface area contributed by atoms with Gasteiger partial charge in [0.05, 0.1) is 5.41 Å². The number of hydrogen-bond acceptors (Lipinski definition) is 2. The molecule has 0 aliphatic carbocycles. The lowest BCUT2D eigenvalue weighted by Crippen LogP contribution is -2.52. The molecule has 104 valence electrons. The van der Waals surface area contributed by atoms with Gasteiger partial charge in [0.2, 0.25) is 5.91 Å². The minimum absolute atomic E-state index is 0.118. The van der Waals surface area contributed by atoms with Gasteiger partial charge in [0.15, 0.2) is 0 Å². The van der Waals surface area contributed by atoms with E-state index in [9.17, 15) is 9.18 Å². The third-order valence-electron chi connectivity index (χ3n) is 3.89. The van der Waals surface area contributed by atoms with Gasteiger partial charge in [-0.1, -0.05) is 12.1 Å². The fourth-order valence-electron chi connectivity index (χ4n) is 2.39. The highest BCUT2D eigenvalue weighted by atomic mass is 19.1. The van der Waals surface area contributed by atoms with E-state index in [4.69, 9.17) is 0 Å². The molecule has 2 rings (SSSR count). The second kappa shape index (κ2) is 5.29. The van der Waals surface area contributed by atoms with Gasteiger partial charge in [-0.15, -0.1) is 0 Å². The van der Waals surface area contributed by atoms with Crippen LogP contribution in [0.25, 0.3) is 0 Å². The topological polar surface area (TPSA) is 23.6 Å². The third kappa shape index (κ3) is 2.95. The monoisotopic (exact) mass is 264 g/mol. The molecule has 0 bridgehead atoms. The number of rotatable bonds is 2. The fraction of sp³-hybridized carbons (Fsp3) is 0.533. The molecule has 1 aromatic carbocycles. The molecule has 0 unspecified atom stereocenters. The Labute approximate surface area is 114 Å². The number of benzene rings is 1. The molecule has 1 fully saturated rings. The van der Waals surface area contributed by atoms with Gasteiger partial charge in [0.25, 0.3) is 0 Å². The van der Waals surface area contributed by atoms with Gasteiger partial charge in [-0.3, -0.25) is 4.79 Å². The Morgan fingerprint density at radius 3 is 2.16 bits per heavy atom. The highest BCUT2D eigenvalue weighted by Crippen LogP contribution is 2.26. The number of piperazine rings is 1. The van der Waals surface area contributed by atoms with Crippen molar-refractivity contribution in [2.45, 2.75) is 19.3 Å². The zero-order chi connectivity index (χ0) is 14.0. The van der Waals surface area contributed by atoms with Crippen LogP contribution in [0.3, 0.4) is 0 Å². The predicted molar refractivity (Wildman–Crippen MR) is 73.5 cm³/mol. The third-order valence-corrected chi connectivity index (χ3v) is 3.89. The van der Waals surface area contributed by atoms with Crippen molar-refractivity contribution in [3.05, 3.63) is 35.6 Å². The summed E-state index contributed by atoms with van der Waals surface area (Å²) < 4.78 is 13.0. The number of carbonyl (C=O) groups is 1. The van der Waals surface area contributed by atoms with E-state index in [0.717, 1.165) is 31.7 Å². The Hall–Kier alpha value is -1.42. The molecule has 4 heteroatoms. The summed E-state index contributed by atoms with van der Waals surface area (Å²) >= 11 is 0. The van der Waals surface area contributed by atoms with Gasteiger partial charge in [-0.05, 0) is 38.6 Å². The van der Waals surface area contributed by atoms with E-state index in [2.05, 4.69) is 11.9 Å². The van der Waals surface area contributed by atoms with Gasteiger partial charge in [0, 0.05) is 26.2 Å². The molecule has 1 aromatic rings. The molecule has 1 heterocycles. The quantitative estimate of drug-likeness (QED) is 0.814. The molecule has 1 saturated heterocycles. The summed E-state index contributed by atoms with van der Waals surface area (Å²) in [6.45, 7) is 7.15. The van der Waals surface area contributed by atoms with Gasteiger partial charge in [-0.2, -0.15) is 0 Å². The van der Waals surface area contributed by atoms with Crippen LogP contribution in [0.1, 0.15) is 19.4 Å². The first kappa shape index (κ1) is 14.0. The molecular formula is C15H21FN2O. The molecule has 1 aliphatic heterocycles. The second-order valence-corrected chi connectivity index (χ2v) is 5.73. The lowest BCUT2D eigenvalue weighted by atomic mass is 9.83. The Kier molecular flexibility index (Phi) is 3.90. The van der Waals surface area contributed by atoms with E-state index >= 15 is 0 Å². The molecule has 19 heavy (non-hydrogen) atoms. The second-order valence-electron chi connectivity index (χ2n) is 5.73. The molecule has 0 saturated carbocycles. The molecule has 0 spiro atoms. The average Bonchev–Trinajstić information content (AvgIpc) is 2.39. The van der Waals surface area contributed by atoms with Crippen molar-refractivity contribution < 1.29 is 9.18 Å². The summed E-state index contributed by atoms with van der Waals surface area (Å²) in [7, 11) is 2.06. The van der Waals surface area contributed by atoms with Crippen molar-refractivity contribution in [3.63, 3.8) is 0 Å². The number of carbonyl (C=O) groups excluding carboxylic acids is 1. The number of nitrogens with zero attached hydrogens (tertiary/aromatic N) is 2. The predicted octanol–water partition coefficient (Wildman–Crippen LogP) is 1.88. The molecule has 0 aromatic heterocycles. The number of hydrogen-bond donors (Lipinski definition) is 0. The average molecular weight is 264 g/mol. The zero-order valence-electron chi connectivity index (χ0n) is 11.8. The van der Waals surface area contributed by atoms with Crippen molar-refractivity contribution in [2.75, 3.05) is 33.2 Å². The summed E-state index contributed by atoms with van der Waals surface area (Å²) in [6.07, 6.45) is 0. The molecule has 0 N–H and O–H groups in total. The van der Waals surface area contributed by atoms with E-state index in [1.165, 1.54) is 12.1 Å². The first-order chi connectivity index (χ1) is 8.91. The Morgan fingerprint density at radius 1 is 1.11 bits per heavy atom. The SMILES string of the molecule is CN1CCN(C(=O)C(C)(C)c2ccc(F)cc2)CC1. The zero-order valence-corrected chi connectivity index (χ0v) is 11.8. The number of amides is 1. The lowest BCUT2D eigenvalue weighted by Gasteiger charge is -2.37.